The van der Waals surface area contributed by atoms with Crippen LogP contribution < -0.4 is 10.6 Å². The number of methoxy groups -OCH3 is 1. The fraction of sp³-hybridized carbons (Fsp3) is 0.500. The molecule has 2 aromatic heterocycles. The van der Waals surface area contributed by atoms with Gasteiger partial charge in [-0.3, -0.25) is 14.9 Å². The van der Waals surface area contributed by atoms with Gasteiger partial charge in [-0.1, -0.05) is 24.9 Å². The molecule has 1 fully saturated rings. The molecule has 13 heteroatoms. The van der Waals surface area contributed by atoms with Crippen LogP contribution in [0.3, 0.4) is 0 Å². The summed E-state index contributed by atoms with van der Waals surface area (Å²) in [5, 5.41) is 5.32. The molecule has 3 heterocycles. The minimum absolute atomic E-state index is 0.0842. The maximum atomic E-state index is 13.4. The van der Waals surface area contributed by atoms with Crippen LogP contribution in [0.2, 0.25) is 4.34 Å². The van der Waals surface area contributed by atoms with Gasteiger partial charge < -0.3 is 10.1 Å². The number of hydrogen-bond acceptors (Lipinski definition) is 8. The number of ether oxygens (including phenoxy) is 1. The van der Waals surface area contributed by atoms with E-state index in [1.165, 1.54) is 27.8 Å². The second kappa shape index (κ2) is 10.6. The van der Waals surface area contributed by atoms with Crippen LogP contribution in [-0.4, -0.2) is 50.3 Å². The minimum Gasteiger partial charge on any atom is -0.453 e. The van der Waals surface area contributed by atoms with Gasteiger partial charge in [0.1, 0.15) is 15.3 Å². The zero-order chi connectivity index (χ0) is 25.3. The Bertz CT molecular complexity index is 1260. The lowest BCUT2D eigenvalue weighted by Gasteiger charge is -2.33. The van der Waals surface area contributed by atoms with E-state index >= 15 is 0 Å². The molecule has 1 saturated heterocycles. The van der Waals surface area contributed by atoms with Crippen LogP contribution in [-0.2, 0) is 32.4 Å². The standard InChI is InChI=1S/C22H26ClN3O6S3/c1-12-6-7-13-15(11-12)33-21(18(13)20(28)25-22(29)32-2)24-19(27)14-5-3-4-10-26(14)35(30,31)17-9-8-16(23)34-17/h8-9,12,14H,3-7,10-11H2,1-2H3,(H,24,27)(H,25,28,29). The van der Waals surface area contributed by atoms with Crippen LogP contribution in [0.25, 0.3) is 0 Å². The lowest BCUT2D eigenvalue weighted by molar-refractivity contribution is -0.120. The zero-order valence-electron chi connectivity index (χ0n) is 19.3. The monoisotopic (exact) mass is 559 g/mol. The van der Waals surface area contributed by atoms with Crippen molar-refractivity contribution in [3.05, 3.63) is 32.5 Å². The maximum absolute atomic E-state index is 13.4. The zero-order valence-corrected chi connectivity index (χ0v) is 22.5. The molecule has 35 heavy (non-hydrogen) atoms. The number of halogens is 1. The van der Waals surface area contributed by atoms with Crippen LogP contribution in [0, 0.1) is 5.92 Å². The fourth-order valence-electron chi connectivity index (χ4n) is 4.49. The quantitative estimate of drug-likeness (QED) is 0.564. The second-order valence-corrected chi connectivity index (χ2v) is 13.6. The molecule has 0 radical (unpaired) electrons. The number of rotatable bonds is 5. The van der Waals surface area contributed by atoms with Gasteiger partial charge in [-0.2, -0.15) is 4.31 Å². The molecule has 1 aliphatic carbocycles. The topological polar surface area (TPSA) is 122 Å². The van der Waals surface area contributed by atoms with E-state index in [9.17, 15) is 22.8 Å². The molecule has 190 valence electrons. The summed E-state index contributed by atoms with van der Waals surface area (Å²) in [6.07, 6.45) is 3.09. The summed E-state index contributed by atoms with van der Waals surface area (Å²) >= 11 is 8.20. The SMILES string of the molecule is COC(=O)NC(=O)c1c(NC(=O)C2CCCCN2S(=O)(=O)c2ccc(Cl)s2)sc2c1CCC(C)C2. The lowest BCUT2D eigenvalue weighted by Crippen LogP contribution is -2.49. The van der Waals surface area contributed by atoms with Crippen LogP contribution in [0.5, 0.6) is 0 Å². The van der Waals surface area contributed by atoms with Gasteiger partial charge in [0.2, 0.25) is 5.91 Å². The number of hydrogen-bond donors (Lipinski definition) is 2. The molecule has 3 amide bonds. The van der Waals surface area contributed by atoms with Crippen molar-refractivity contribution < 1.29 is 27.5 Å². The summed E-state index contributed by atoms with van der Waals surface area (Å²) in [6.45, 7) is 2.33. The van der Waals surface area contributed by atoms with Crippen molar-refractivity contribution in [3.63, 3.8) is 0 Å². The molecule has 9 nitrogen and oxygen atoms in total. The highest BCUT2D eigenvalue weighted by atomic mass is 35.5. The van der Waals surface area contributed by atoms with Gasteiger partial charge in [0.15, 0.2) is 0 Å². The van der Waals surface area contributed by atoms with Crippen molar-refractivity contribution in [2.24, 2.45) is 5.92 Å². The number of thiophene rings is 2. The van der Waals surface area contributed by atoms with E-state index in [4.69, 9.17) is 11.6 Å². The molecular formula is C22H26ClN3O6S3. The van der Waals surface area contributed by atoms with E-state index in [1.807, 2.05) is 0 Å². The largest absolute Gasteiger partial charge is 0.453 e. The van der Waals surface area contributed by atoms with E-state index < -0.39 is 34.0 Å². The van der Waals surface area contributed by atoms with Crippen LogP contribution >= 0.6 is 34.3 Å². The molecule has 0 spiro atoms. The van der Waals surface area contributed by atoms with E-state index in [0.29, 0.717) is 40.9 Å². The summed E-state index contributed by atoms with van der Waals surface area (Å²) < 4.78 is 32.8. The number of nitrogens with one attached hydrogen (secondary N) is 2. The second-order valence-electron chi connectivity index (χ2n) is 8.68. The predicted molar refractivity (Wildman–Crippen MR) is 135 cm³/mol. The number of sulfonamides is 1. The average Bonchev–Trinajstić information content (AvgIpc) is 3.42. The van der Waals surface area contributed by atoms with Crippen molar-refractivity contribution in [1.29, 1.82) is 0 Å². The van der Waals surface area contributed by atoms with Gasteiger partial charge in [-0.25, -0.2) is 13.2 Å². The Labute approximate surface area is 216 Å². The summed E-state index contributed by atoms with van der Waals surface area (Å²) in [4.78, 5) is 39.0. The van der Waals surface area contributed by atoms with Crippen LogP contribution in [0.15, 0.2) is 16.3 Å². The Hall–Kier alpha value is -1.99. The first-order valence-corrected chi connectivity index (χ1v) is 14.7. The van der Waals surface area contributed by atoms with Gasteiger partial charge in [-0.05, 0) is 55.7 Å². The fourth-order valence-corrected chi connectivity index (χ4v) is 9.17. The normalized spacial score (nSPS) is 20.7. The van der Waals surface area contributed by atoms with E-state index in [1.54, 1.807) is 0 Å². The third kappa shape index (κ3) is 5.41. The Kier molecular flexibility index (Phi) is 7.86. The number of anilines is 1. The third-order valence-electron chi connectivity index (χ3n) is 6.24. The van der Waals surface area contributed by atoms with E-state index in [2.05, 4.69) is 22.3 Å². The highest BCUT2D eigenvalue weighted by Crippen LogP contribution is 2.40. The molecule has 2 aliphatic rings. The molecule has 2 aromatic rings. The number of alkyl carbamates (subject to hydrolysis) is 1. The average molecular weight is 560 g/mol. The van der Waals surface area contributed by atoms with Crippen molar-refractivity contribution in [2.45, 2.75) is 55.7 Å². The smallest absolute Gasteiger partial charge is 0.413 e. The molecule has 0 aromatic carbocycles. The molecule has 2 atom stereocenters. The number of imide groups is 1. The molecule has 0 saturated carbocycles. The van der Waals surface area contributed by atoms with Crippen LogP contribution in [0.1, 0.15) is 53.4 Å². The molecule has 1 aliphatic heterocycles. The first-order chi connectivity index (χ1) is 16.6. The van der Waals surface area contributed by atoms with Gasteiger partial charge in [0.25, 0.3) is 15.9 Å². The Morgan fingerprint density at radius 3 is 2.63 bits per heavy atom. The first kappa shape index (κ1) is 26.1. The van der Waals surface area contributed by atoms with Crippen molar-refractivity contribution >= 4 is 67.2 Å². The molecule has 4 rings (SSSR count). The van der Waals surface area contributed by atoms with Crippen molar-refractivity contribution in [1.82, 2.24) is 9.62 Å². The maximum Gasteiger partial charge on any atom is 0.413 e. The van der Waals surface area contributed by atoms with Gasteiger partial charge in [0.05, 0.1) is 17.0 Å². The first-order valence-electron chi connectivity index (χ1n) is 11.2. The number of carbonyl (C=O) groups excluding carboxylic acids is 3. The number of fused-ring (bicyclic) bond motifs is 1. The predicted octanol–water partition coefficient (Wildman–Crippen LogP) is 4.27. The minimum atomic E-state index is -3.91. The van der Waals surface area contributed by atoms with Gasteiger partial charge >= 0.3 is 6.09 Å². The number of amides is 3. The summed E-state index contributed by atoms with van der Waals surface area (Å²) in [5.41, 5.74) is 1.05. The summed E-state index contributed by atoms with van der Waals surface area (Å²) in [6, 6.07) is 2.03. The van der Waals surface area contributed by atoms with Crippen LogP contribution in [0.4, 0.5) is 9.80 Å². The van der Waals surface area contributed by atoms with Gasteiger partial charge in [0, 0.05) is 11.4 Å². The number of carbonyl (C=O) groups is 3. The van der Waals surface area contributed by atoms with E-state index in [-0.39, 0.29) is 16.3 Å². The van der Waals surface area contributed by atoms with Crippen molar-refractivity contribution in [3.8, 4) is 0 Å². The Balaban J connectivity index is 1.64. The summed E-state index contributed by atoms with van der Waals surface area (Å²) in [5.74, 6) is -0.729. The number of nitrogens with zero attached hydrogens (tertiary/aromatic N) is 1. The van der Waals surface area contributed by atoms with Crippen molar-refractivity contribution in [2.75, 3.05) is 19.0 Å². The highest BCUT2D eigenvalue weighted by Gasteiger charge is 2.39. The lowest BCUT2D eigenvalue weighted by atomic mass is 9.88. The molecular weight excluding hydrogens is 534 g/mol. The number of piperidine rings is 1. The molecule has 2 N–H and O–H groups in total. The van der Waals surface area contributed by atoms with E-state index in [0.717, 1.165) is 41.7 Å². The highest BCUT2D eigenvalue weighted by molar-refractivity contribution is 7.91. The Morgan fingerprint density at radius 2 is 1.94 bits per heavy atom. The van der Waals surface area contributed by atoms with Gasteiger partial charge in [-0.15, -0.1) is 22.7 Å². The summed E-state index contributed by atoms with van der Waals surface area (Å²) in [7, 11) is -2.75. The third-order valence-corrected chi connectivity index (χ3v) is 11.0. The molecule has 2 unspecified atom stereocenters. The Morgan fingerprint density at radius 1 is 1.17 bits per heavy atom. The molecule has 0 bridgehead atoms.